The second-order valence-corrected chi connectivity index (χ2v) is 3.30. The maximum absolute atomic E-state index is 4.35. The summed E-state index contributed by atoms with van der Waals surface area (Å²) in [7, 11) is 0. The fraction of sp³-hybridized carbons (Fsp3) is 0.231. The van der Waals surface area contributed by atoms with Crippen LogP contribution in [0.25, 0.3) is 0 Å². The Kier molecular flexibility index (Phi) is 4.48. The molecule has 0 fully saturated rings. The predicted octanol–water partition coefficient (Wildman–Crippen LogP) is 2.93. The number of aryl methyl sites for hydroxylation is 2. The highest BCUT2D eigenvalue weighted by atomic mass is 14.9. The van der Waals surface area contributed by atoms with Crippen LogP contribution in [0.2, 0.25) is 0 Å². The smallest absolute Gasteiger partial charge is 0.125 e. The third kappa shape index (κ3) is 4.36. The second-order valence-electron chi connectivity index (χ2n) is 3.30. The van der Waals surface area contributed by atoms with Crippen molar-refractivity contribution in [2.24, 2.45) is 0 Å². The molecule has 15 heavy (non-hydrogen) atoms. The summed E-state index contributed by atoms with van der Waals surface area (Å²) >= 11 is 0. The predicted molar refractivity (Wildman–Crippen MR) is 63.7 cm³/mol. The Morgan fingerprint density at radius 2 is 2.00 bits per heavy atom. The van der Waals surface area contributed by atoms with Gasteiger partial charge in [-0.05, 0) is 19.9 Å². The molecule has 0 bridgehead atoms. The first-order valence-corrected chi connectivity index (χ1v) is 4.98. The molecular formula is C13H16N2. The van der Waals surface area contributed by atoms with Gasteiger partial charge in [0, 0.05) is 17.8 Å². The van der Waals surface area contributed by atoms with Crippen molar-refractivity contribution < 1.29 is 0 Å². The molecule has 0 aliphatic rings. The van der Waals surface area contributed by atoms with Gasteiger partial charge in [0.2, 0.25) is 0 Å². The fourth-order valence-electron chi connectivity index (χ4n) is 1.31. The van der Waals surface area contributed by atoms with Gasteiger partial charge in [0.25, 0.3) is 0 Å². The zero-order valence-electron chi connectivity index (χ0n) is 9.27. The molecular weight excluding hydrogens is 184 g/mol. The summed E-state index contributed by atoms with van der Waals surface area (Å²) in [5.41, 5.74) is 2.08. The van der Waals surface area contributed by atoms with Crippen LogP contribution in [-0.2, 0) is 6.42 Å². The van der Waals surface area contributed by atoms with Gasteiger partial charge in [-0.3, -0.25) is 0 Å². The highest BCUT2D eigenvalue weighted by Crippen LogP contribution is 2.01. The topological polar surface area (TPSA) is 25.8 Å². The van der Waals surface area contributed by atoms with Gasteiger partial charge in [-0.1, -0.05) is 37.0 Å². The third-order valence-electron chi connectivity index (χ3n) is 1.84. The minimum atomic E-state index is 0.833. The lowest BCUT2D eigenvalue weighted by Gasteiger charge is -1.99. The van der Waals surface area contributed by atoms with Gasteiger partial charge in [-0.2, -0.15) is 0 Å². The van der Waals surface area contributed by atoms with Gasteiger partial charge in [-0.25, -0.2) is 9.97 Å². The first-order valence-electron chi connectivity index (χ1n) is 4.98. The quantitative estimate of drug-likeness (QED) is 0.698. The molecule has 1 aromatic heterocycles. The van der Waals surface area contributed by atoms with Crippen LogP contribution in [0.1, 0.15) is 17.2 Å². The van der Waals surface area contributed by atoms with E-state index >= 15 is 0 Å². The van der Waals surface area contributed by atoms with E-state index in [1.807, 2.05) is 38.1 Å². The molecule has 0 radical (unpaired) electrons. The Balaban J connectivity index is 2.61. The summed E-state index contributed by atoms with van der Waals surface area (Å²) in [6.45, 7) is 7.50. The molecule has 0 saturated heterocycles. The lowest BCUT2D eigenvalue weighted by molar-refractivity contribution is 0.951. The Morgan fingerprint density at radius 1 is 1.20 bits per heavy atom. The van der Waals surface area contributed by atoms with Crippen molar-refractivity contribution in [3.05, 3.63) is 60.2 Å². The molecule has 0 amide bonds. The fourth-order valence-corrected chi connectivity index (χ4v) is 1.31. The van der Waals surface area contributed by atoms with E-state index in [-0.39, 0.29) is 0 Å². The summed E-state index contributed by atoms with van der Waals surface area (Å²) in [6, 6.07) is 2.01. The van der Waals surface area contributed by atoms with Crippen molar-refractivity contribution >= 4 is 0 Å². The van der Waals surface area contributed by atoms with Gasteiger partial charge in [0.1, 0.15) is 5.82 Å². The number of allylic oxidation sites excluding steroid dienone is 5. The summed E-state index contributed by atoms with van der Waals surface area (Å²) in [4.78, 5) is 8.57. The van der Waals surface area contributed by atoms with Crippen LogP contribution in [0.5, 0.6) is 0 Å². The van der Waals surface area contributed by atoms with Crippen molar-refractivity contribution in [3.63, 3.8) is 0 Å². The van der Waals surface area contributed by atoms with E-state index in [0.717, 1.165) is 23.6 Å². The Hall–Kier alpha value is -1.70. The van der Waals surface area contributed by atoms with Gasteiger partial charge >= 0.3 is 0 Å². The van der Waals surface area contributed by atoms with E-state index in [0.29, 0.717) is 0 Å². The molecule has 0 aromatic carbocycles. The molecule has 2 nitrogen and oxygen atoms in total. The van der Waals surface area contributed by atoms with E-state index in [1.165, 1.54) is 0 Å². The van der Waals surface area contributed by atoms with E-state index in [4.69, 9.17) is 0 Å². The zero-order valence-corrected chi connectivity index (χ0v) is 9.27. The summed E-state index contributed by atoms with van der Waals surface area (Å²) in [5, 5.41) is 0. The van der Waals surface area contributed by atoms with Gasteiger partial charge in [0.15, 0.2) is 0 Å². The van der Waals surface area contributed by atoms with E-state index < -0.39 is 0 Å². The van der Waals surface area contributed by atoms with E-state index in [2.05, 4.69) is 22.6 Å². The number of aromatic nitrogens is 2. The first kappa shape index (κ1) is 11.4. The monoisotopic (exact) mass is 200 g/mol. The molecule has 0 atom stereocenters. The lowest BCUT2D eigenvalue weighted by Crippen LogP contribution is -1.96. The number of hydrogen-bond donors (Lipinski definition) is 0. The molecule has 1 aromatic rings. The second kappa shape index (κ2) is 5.91. The largest absolute Gasteiger partial charge is 0.239 e. The minimum Gasteiger partial charge on any atom is -0.239 e. The van der Waals surface area contributed by atoms with Crippen LogP contribution in [-0.4, -0.2) is 9.97 Å². The maximum Gasteiger partial charge on any atom is 0.125 e. The average Bonchev–Trinajstić information content (AvgIpc) is 2.16. The summed E-state index contributed by atoms with van der Waals surface area (Å²) < 4.78 is 0. The van der Waals surface area contributed by atoms with Crippen molar-refractivity contribution in [2.45, 2.75) is 20.3 Å². The SMILES string of the molecule is C=C/C=C\C=C/Cc1cc(C)nc(C)n1. The highest BCUT2D eigenvalue weighted by Gasteiger charge is 1.95. The van der Waals surface area contributed by atoms with Crippen LogP contribution >= 0.6 is 0 Å². The number of hydrogen-bond acceptors (Lipinski definition) is 2. The molecule has 1 rings (SSSR count). The molecule has 1 heterocycles. The summed E-state index contributed by atoms with van der Waals surface area (Å²) in [5.74, 6) is 0.833. The molecule has 0 aliphatic carbocycles. The lowest BCUT2D eigenvalue weighted by atomic mass is 10.2. The van der Waals surface area contributed by atoms with Crippen LogP contribution < -0.4 is 0 Å². The zero-order chi connectivity index (χ0) is 11.1. The van der Waals surface area contributed by atoms with Crippen molar-refractivity contribution in [1.82, 2.24) is 9.97 Å². The van der Waals surface area contributed by atoms with E-state index in [1.54, 1.807) is 6.08 Å². The van der Waals surface area contributed by atoms with Crippen LogP contribution in [0.4, 0.5) is 0 Å². The Bertz CT molecular complexity index is 369. The van der Waals surface area contributed by atoms with Gasteiger partial charge in [-0.15, -0.1) is 0 Å². The molecule has 0 aliphatic heterocycles. The normalized spacial score (nSPS) is 11.3. The third-order valence-corrected chi connectivity index (χ3v) is 1.84. The molecule has 0 saturated carbocycles. The van der Waals surface area contributed by atoms with E-state index in [9.17, 15) is 0 Å². The first-order chi connectivity index (χ1) is 7.22. The number of nitrogens with zero attached hydrogens (tertiary/aromatic N) is 2. The Morgan fingerprint density at radius 3 is 2.67 bits per heavy atom. The highest BCUT2D eigenvalue weighted by molar-refractivity contribution is 5.15. The van der Waals surface area contributed by atoms with Crippen molar-refractivity contribution in [2.75, 3.05) is 0 Å². The average molecular weight is 200 g/mol. The Labute approximate surface area is 91.1 Å². The van der Waals surface area contributed by atoms with Gasteiger partial charge in [0.05, 0.1) is 0 Å². The standard InChI is InChI=1S/C13H16N2/c1-4-5-6-7-8-9-13-10-11(2)14-12(3)15-13/h4-8,10H,1,9H2,2-3H3/b6-5-,8-7-. The van der Waals surface area contributed by atoms with Crippen molar-refractivity contribution in [1.29, 1.82) is 0 Å². The van der Waals surface area contributed by atoms with Crippen LogP contribution in [0, 0.1) is 13.8 Å². The van der Waals surface area contributed by atoms with Gasteiger partial charge < -0.3 is 0 Å². The molecule has 78 valence electrons. The maximum atomic E-state index is 4.35. The molecule has 2 heteroatoms. The minimum absolute atomic E-state index is 0.833. The van der Waals surface area contributed by atoms with Crippen molar-refractivity contribution in [3.8, 4) is 0 Å². The number of rotatable bonds is 4. The van der Waals surface area contributed by atoms with Crippen LogP contribution in [0.3, 0.4) is 0 Å². The molecule has 0 N–H and O–H groups in total. The summed E-state index contributed by atoms with van der Waals surface area (Å²) in [6.07, 6.45) is 10.5. The van der Waals surface area contributed by atoms with Crippen LogP contribution in [0.15, 0.2) is 43.0 Å². The molecule has 0 spiro atoms. The molecule has 0 unspecified atom stereocenters.